The number of anilines is 1. The Morgan fingerprint density at radius 1 is 0.919 bits per heavy atom. The number of nitrogens with zero attached hydrogens (tertiary/aromatic N) is 4. The summed E-state index contributed by atoms with van der Waals surface area (Å²) in [4.78, 5) is 26.8. The minimum absolute atomic E-state index is 0.0152. The molecule has 3 heterocycles. The van der Waals surface area contributed by atoms with Crippen molar-refractivity contribution >= 4 is 11.7 Å². The van der Waals surface area contributed by atoms with E-state index in [2.05, 4.69) is 81.1 Å². The summed E-state index contributed by atoms with van der Waals surface area (Å²) in [5.41, 5.74) is 4.85. The van der Waals surface area contributed by atoms with Crippen molar-refractivity contribution in [2.24, 2.45) is 0 Å². The summed E-state index contributed by atoms with van der Waals surface area (Å²) in [6.45, 7) is 6.44. The lowest BCUT2D eigenvalue weighted by Crippen LogP contribution is -2.51. The first-order chi connectivity index (χ1) is 18.1. The molecule has 5 rings (SSSR count). The Morgan fingerprint density at radius 2 is 1.65 bits per heavy atom. The summed E-state index contributed by atoms with van der Waals surface area (Å²) in [6, 6.07) is 20.1. The zero-order valence-corrected chi connectivity index (χ0v) is 22.0. The van der Waals surface area contributed by atoms with E-state index in [-0.39, 0.29) is 5.91 Å². The van der Waals surface area contributed by atoms with E-state index < -0.39 is 0 Å². The highest BCUT2D eigenvalue weighted by Gasteiger charge is 2.30. The van der Waals surface area contributed by atoms with Gasteiger partial charge in [-0.3, -0.25) is 4.79 Å². The number of hydrogen-bond acceptors (Lipinski definition) is 6. The maximum Gasteiger partial charge on any atom is 0.272 e. The molecule has 2 fully saturated rings. The highest BCUT2D eigenvalue weighted by molar-refractivity contribution is 5.94. The summed E-state index contributed by atoms with van der Waals surface area (Å²) in [5, 5.41) is 6.84. The Balaban J connectivity index is 1.19. The number of hydrogen-bond donors (Lipinski definition) is 2. The minimum Gasteiger partial charge on any atom is -0.366 e. The molecule has 2 aromatic carbocycles. The first kappa shape index (κ1) is 25.4. The number of likely N-dealkylation sites (tertiary alicyclic amines) is 2. The van der Waals surface area contributed by atoms with Crippen LogP contribution >= 0.6 is 0 Å². The molecule has 0 spiro atoms. The molecule has 0 bridgehead atoms. The molecule has 1 amide bonds. The van der Waals surface area contributed by atoms with Crippen LogP contribution in [-0.4, -0.2) is 71.0 Å². The number of piperidine rings is 2. The standard InChI is InChI=1S/C30H38N6O/c1-22-28(30(37)36-17-13-27(14-18-36)35-15-11-26(31-2)12-16-35)33-21-34-29(22)32-20-23-7-6-10-25(19-23)24-8-4-3-5-9-24/h3-10,19,21,26-27,31H,11-18,20H2,1-2H3,(H,32,33,34). The van der Waals surface area contributed by atoms with Gasteiger partial charge in [0.1, 0.15) is 17.8 Å². The summed E-state index contributed by atoms with van der Waals surface area (Å²) in [7, 11) is 2.06. The van der Waals surface area contributed by atoms with Gasteiger partial charge in [-0.2, -0.15) is 0 Å². The SMILES string of the molecule is CNC1CCN(C2CCN(C(=O)c3ncnc(NCc4cccc(-c5ccccc5)c4)c3C)CC2)CC1. The Hall–Kier alpha value is -3.29. The predicted octanol–water partition coefficient (Wildman–Crippen LogP) is 4.35. The second-order valence-electron chi connectivity index (χ2n) is 10.2. The normalized spacial score (nSPS) is 17.6. The summed E-state index contributed by atoms with van der Waals surface area (Å²) >= 11 is 0. The zero-order chi connectivity index (χ0) is 25.6. The van der Waals surface area contributed by atoms with Crippen LogP contribution in [0.15, 0.2) is 60.9 Å². The van der Waals surface area contributed by atoms with Crippen molar-refractivity contribution in [2.45, 2.75) is 51.2 Å². The molecule has 7 nitrogen and oxygen atoms in total. The van der Waals surface area contributed by atoms with Crippen LogP contribution in [0.25, 0.3) is 11.1 Å². The fourth-order valence-electron chi connectivity index (χ4n) is 5.66. The second-order valence-corrected chi connectivity index (χ2v) is 10.2. The molecular weight excluding hydrogens is 460 g/mol. The van der Waals surface area contributed by atoms with Gasteiger partial charge in [0.25, 0.3) is 5.91 Å². The quantitative estimate of drug-likeness (QED) is 0.505. The van der Waals surface area contributed by atoms with Crippen LogP contribution in [0.3, 0.4) is 0 Å². The monoisotopic (exact) mass is 498 g/mol. The van der Waals surface area contributed by atoms with Crippen molar-refractivity contribution in [1.82, 2.24) is 25.1 Å². The van der Waals surface area contributed by atoms with Crippen LogP contribution in [0.4, 0.5) is 5.82 Å². The maximum absolute atomic E-state index is 13.4. The topological polar surface area (TPSA) is 73.4 Å². The lowest BCUT2D eigenvalue weighted by molar-refractivity contribution is 0.0566. The number of rotatable bonds is 7. The molecule has 194 valence electrons. The zero-order valence-electron chi connectivity index (χ0n) is 22.0. The molecule has 2 aliphatic heterocycles. The van der Waals surface area contributed by atoms with E-state index in [1.54, 1.807) is 0 Å². The number of nitrogens with one attached hydrogen (secondary N) is 2. The van der Waals surface area contributed by atoms with Crippen LogP contribution < -0.4 is 10.6 Å². The van der Waals surface area contributed by atoms with E-state index in [0.29, 0.717) is 30.1 Å². The van der Waals surface area contributed by atoms with E-state index in [1.807, 2.05) is 17.9 Å². The van der Waals surface area contributed by atoms with Gasteiger partial charge in [0.05, 0.1) is 0 Å². The molecule has 2 N–H and O–H groups in total. The van der Waals surface area contributed by atoms with Gasteiger partial charge < -0.3 is 20.4 Å². The maximum atomic E-state index is 13.4. The first-order valence-corrected chi connectivity index (χ1v) is 13.5. The van der Waals surface area contributed by atoms with Gasteiger partial charge in [-0.15, -0.1) is 0 Å². The first-order valence-electron chi connectivity index (χ1n) is 13.5. The Morgan fingerprint density at radius 3 is 2.38 bits per heavy atom. The fraction of sp³-hybridized carbons (Fsp3) is 0.433. The fourth-order valence-corrected chi connectivity index (χ4v) is 5.66. The van der Waals surface area contributed by atoms with E-state index >= 15 is 0 Å². The lowest BCUT2D eigenvalue weighted by atomic mass is 9.97. The number of carbonyl (C=O) groups excluding carboxylic acids is 1. The van der Waals surface area contributed by atoms with E-state index in [0.717, 1.165) is 50.1 Å². The van der Waals surface area contributed by atoms with Crippen LogP contribution in [0.1, 0.15) is 47.3 Å². The number of amides is 1. The molecule has 0 aliphatic carbocycles. The molecule has 2 aliphatic rings. The molecule has 7 heteroatoms. The Labute approximate surface area is 220 Å². The molecule has 2 saturated heterocycles. The van der Waals surface area contributed by atoms with Gasteiger partial charge in [0.2, 0.25) is 0 Å². The summed E-state index contributed by atoms with van der Waals surface area (Å²) in [5.74, 6) is 0.729. The van der Waals surface area contributed by atoms with Crippen molar-refractivity contribution in [3.05, 3.63) is 77.7 Å². The van der Waals surface area contributed by atoms with Gasteiger partial charge in [-0.1, -0.05) is 48.5 Å². The van der Waals surface area contributed by atoms with Crippen molar-refractivity contribution < 1.29 is 4.79 Å². The smallest absolute Gasteiger partial charge is 0.272 e. The third-order valence-corrected chi connectivity index (χ3v) is 7.99. The number of aromatic nitrogens is 2. The lowest BCUT2D eigenvalue weighted by Gasteiger charge is -2.41. The van der Waals surface area contributed by atoms with Crippen LogP contribution in [-0.2, 0) is 6.54 Å². The van der Waals surface area contributed by atoms with Crippen molar-refractivity contribution in [3.8, 4) is 11.1 Å². The number of carbonyl (C=O) groups is 1. The molecule has 1 aromatic heterocycles. The van der Waals surface area contributed by atoms with Gasteiger partial charge in [0, 0.05) is 37.3 Å². The van der Waals surface area contributed by atoms with Crippen LogP contribution in [0.5, 0.6) is 0 Å². The molecule has 0 radical (unpaired) electrons. The molecule has 0 unspecified atom stereocenters. The van der Waals surface area contributed by atoms with E-state index in [1.165, 1.54) is 30.3 Å². The van der Waals surface area contributed by atoms with Crippen LogP contribution in [0.2, 0.25) is 0 Å². The van der Waals surface area contributed by atoms with Crippen molar-refractivity contribution in [1.29, 1.82) is 0 Å². The highest BCUT2D eigenvalue weighted by Crippen LogP contribution is 2.24. The average molecular weight is 499 g/mol. The van der Waals surface area contributed by atoms with E-state index in [9.17, 15) is 4.79 Å². The summed E-state index contributed by atoms with van der Waals surface area (Å²) in [6.07, 6.45) is 5.98. The minimum atomic E-state index is 0.0152. The molecule has 0 saturated carbocycles. The Kier molecular flexibility index (Phi) is 8.12. The van der Waals surface area contributed by atoms with Gasteiger partial charge in [0.15, 0.2) is 0 Å². The van der Waals surface area contributed by atoms with Gasteiger partial charge in [-0.25, -0.2) is 9.97 Å². The predicted molar refractivity (Wildman–Crippen MR) is 149 cm³/mol. The third-order valence-electron chi connectivity index (χ3n) is 7.99. The van der Waals surface area contributed by atoms with Crippen molar-refractivity contribution in [3.63, 3.8) is 0 Å². The van der Waals surface area contributed by atoms with Crippen molar-refractivity contribution in [2.75, 3.05) is 38.5 Å². The average Bonchev–Trinajstić information content (AvgIpc) is 2.97. The van der Waals surface area contributed by atoms with Crippen LogP contribution in [0, 0.1) is 6.92 Å². The number of benzene rings is 2. The van der Waals surface area contributed by atoms with Gasteiger partial charge in [-0.05, 0) is 75.5 Å². The highest BCUT2D eigenvalue weighted by atomic mass is 16.2. The third kappa shape index (κ3) is 6.00. The van der Waals surface area contributed by atoms with E-state index in [4.69, 9.17) is 0 Å². The molecule has 3 aromatic rings. The molecule has 37 heavy (non-hydrogen) atoms. The summed E-state index contributed by atoms with van der Waals surface area (Å²) < 4.78 is 0. The Bertz CT molecular complexity index is 1180. The largest absolute Gasteiger partial charge is 0.366 e. The second kappa shape index (κ2) is 11.8. The van der Waals surface area contributed by atoms with Gasteiger partial charge >= 0.3 is 0 Å². The molecular formula is C30H38N6O. The molecule has 0 atom stereocenters.